The first-order chi connectivity index (χ1) is 13.0. The van der Waals surface area contributed by atoms with Gasteiger partial charge in [-0.15, -0.1) is 0 Å². The maximum Gasteiger partial charge on any atom is 0.283 e. The maximum absolute atomic E-state index is 12.4. The number of hydrogen-bond donors (Lipinski definition) is 1. The number of thioether (sulfide) groups is 1. The lowest BCUT2D eigenvalue weighted by Gasteiger charge is -2.22. The second-order valence-electron chi connectivity index (χ2n) is 6.21. The summed E-state index contributed by atoms with van der Waals surface area (Å²) in [5, 5.41) is 10.7. The van der Waals surface area contributed by atoms with Gasteiger partial charge in [-0.25, -0.2) is 0 Å². The number of amides is 1. The van der Waals surface area contributed by atoms with Gasteiger partial charge in [-0.05, 0) is 49.1 Å². The summed E-state index contributed by atoms with van der Waals surface area (Å²) in [6, 6.07) is 9.80. The molecule has 27 heavy (non-hydrogen) atoms. The zero-order chi connectivity index (χ0) is 19.1. The predicted octanol–water partition coefficient (Wildman–Crippen LogP) is 3.88. The highest BCUT2D eigenvalue weighted by Gasteiger charge is 2.31. The number of fused-ring (bicyclic) bond motifs is 1. The minimum atomic E-state index is -0.385. The van der Waals surface area contributed by atoms with Crippen LogP contribution >= 0.6 is 11.8 Å². The van der Waals surface area contributed by atoms with Gasteiger partial charge in [-0.3, -0.25) is 15.1 Å². The number of ether oxygens (including phenoxy) is 1. The molecule has 0 unspecified atom stereocenters. The number of aliphatic imine (C=N–C) groups is 1. The fraction of sp³-hybridized carbons (Fsp3) is 0.150. The number of methoxy groups -OCH3 is 1. The van der Waals surface area contributed by atoms with Crippen molar-refractivity contribution in [2.24, 2.45) is 4.99 Å². The second kappa shape index (κ2) is 6.59. The van der Waals surface area contributed by atoms with E-state index in [4.69, 9.17) is 10.1 Å². The van der Waals surface area contributed by atoms with Crippen LogP contribution in [0, 0.1) is 19.3 Å². The molecule has 0 bridgehead atoms. The predicted molar refractivity (Wildman–Crippen MR) is 109 cm³/mol. The van der Waals surface area contributed by atoms with Crippen molar-refractivity contribution in [3.8, 4) is 11.4 Å². The maximum atomic E-state index is 12.4. The topological polar surface area (TPSA) is 70.7 Å². The van der Waals surface area contributed by atoms with Crippen LogP contribution in [-0.2, 0) is 4.79 Å². The molecule has 4 rings (SSSR count). The van der Waals surface area contributed by atoms with Crippen molar-refractivity contribution < 1.29 is 9.53 Å². The fourth-order valence-electron chi connectivity index (χ4n) is 3.31. The molecule has 6 nitrogen and oxygen atoms in total. The smallest absolute Gasteiger partial charge is 0.283 e. The molecule has 0 atom stereocenters. The Kier molecular flexibility index (Phi) is 4.24. The Labute approximate surface area is 161 Å². The third-order valence-electron chi connectivity index (χ3n) is 4.61. The normalized spacial score (nSPS) is 17.5. The Hall–Kier alpha value is -3.06. The quantitative estimate of drug-likeness (QED) is 0.823. The Bertz CT molecular complexity index is 1060. The van der Waals surface area contributed by atoms with Gasteiger partial charge < -0.3 is 9.30 Å². The van der Waals surface area contributed by atoms with E-state index in [1.807, 2.05) is 49.6 Å². The van der Waals surface area contributed by atoms with E-state index in [1.165, 1.54) is 11.8 Å². The number of carbonyl (C=O) groups excluding carboxylic acids is 1. The van der Waals surface area contributed by atoms with Crippen molar-refractivity contribution in [1.29, 1.82) is 5.41 Å². The molecule has 0 spiro atoms. The van der Waals surface area contributed by atoms with Crippen molar-refractivity contribution in [1.82, 2.24) is 9.47 Å². The lowest BCUT2D eigenvalue weighted by Crippen LogP contribution is -2.35. The number of rotatable bonds is 3. The number of hydrogen-bond acceptors (Lipinski definition) is 4. The summed E-state index contributed by atoms with van der Waals surface area (Å²) >= 11 is 1.34. The highest BCUT2D eigenvalue weighted by atomic mass is 32.2. The van der Waals surface area contributed by atoms with Crippen LogP contribution in [0.3, 0.4) is 0 Å². The van der Waals surface area contributed by atoms with Gasteiger partial charge in [0.2, 0.25) is 0 Å². The van der Waals surface area contributed by atoms with Crippen LogP contribution in [-0.4, -0.2) is 33.5 Å². The molecule has 136 valence electrons. The number of aromatic nitrogens is 1. The van der Waals surface area contributed by atoms with E-state index in [0.717, 1.165) is 28.4 Å². The largest absolute Gasteiger partial charge is 0.495 e. The fourth-order valence-corrected chi connectivity index (χ4v) is 4.01. The Morgan fingerprint density at radius 1 is 1.26 bits per heavy atom. The summed E-state index contributed by atoms with van der Waals surface area (Å²) in [5.41, 5.74) is 4.07. The molecule has 0 saturated carbocycles. The van der Waals surface area contributed by atoms with Gasteiger partial charge in [0.1, 0.15) is 11.6 Å². The van der Waals surface area contributed by atoms with Crippen LogP contribution in [0.1, 0.15) is 17.0 Å². The van der Waals surface area contributed by atoms with Gasteiger partial charge in [0, 0.05) is 17.6 Å². The monoisotopic (exact) mass is 378 g/mol. The van der Waals surface area contributed by atoms with E-state index in [1.54, 1.807) is 24.3 Å². The molecule has 2 aromatic rings. The van der Waals surface area contributed by atoms with Crippen LogP contribution in [0.4, 0.5) is 0 Å². The number of aryl methyl sites for hydroxylation is 1. The van der Waals surface area contributed by atoms with E-state index in [-0.39, 0.29) is 17.3 Å². The number of benzene rings is 1. The third kappa shape index (κ3) is 2.80. The summed E-state index contributed by atoms with van der Waals surface area (Å²) < 4.78 is 7.58. The van der Waals surface area contributed by atoms with E-state index in [0.29, 0.717) is 5.17 Å². The lowest BCUT2D eigenvalue weighted by atomic mass is 10.1. The number of nitrogens with one attached hydrogen (secondary N) is 1. The van der Waals surface area contributed by atoms with Crippen molar-refractivity contribution in [2.45, 2.75) is 13.8 Å². The number of carbonyl (C=O) groups is 1. The molecular formula is C20H18N4O2S. The average Bonchev–Trinajstić information content (AvgIpc) is 3.23. The first kappa shape index (κ1) is 17.4. The SMILES string of the molecule is COc1ccccc1-n1c(C)cc(/C=C2/C(=N)N3C=CSC3=NC2=O)c1C. The molecular weight excluding hydrogens is 360 g/mol. The van der Waals surface area contributed by atoms with Crippen molar-refractivity contribution in [3.63, 3.8) is 0 Å². The van der Waals surface area contributed by atoms with Gasteiger partial charge in [-0.2, -0.15) is 4.99 Å². The van der Waals surface area contributed by atoms with Crippen LogP contribution in [0.15, 0.2) is 52.5 Å². The second-order valence-corrected chi connectivity index (χ2v) is 7.09. The third-order valence-corrected chi connectivity index (χ3v) is 5.37. The lowest BCUT2D eigenvalue weighted by molar-refractivity contribution is -0.114. The zero-order valence-electron chi connectivity index (χ0n) is 15.2. The van der Waals surface area contributed by atoms with Crippen molar-refractivity contribution >= 4 is 34.7 Å². The molecule has 2 aliphatic heterocycles. The molecule has 0 saturated heterocycles. The van der Waals surface area contributed by atoms with Crippen LogP contribution in [0.5, 0.6) is 5.75 Å². The van der Waals surface area contributed by atoms with E-state index in [9.17, 15) is 4.79 Å². The molecule has 0 fully saturated rings. The van der Waals surface area contributed by atoms with E-state index in [2.05, 4.69) is 9.56 Å². The standard InChI is InChI=1S/C20H18N4O2S/c1-12-10-14(13(2)24(12)16-6-4-5-7-17(16)26-3)11-15-18(21)23-8-9-27-20(23)22-19(15)25/h4-11,21H,1-3H3/b15-11-,21-18?. The number of amidine groups is 2. The minimum Gasteiger partial charge on any atom is -0.495 e. The minimum absolute atomic E-state index is 0.147. The van der Waals surface area contributed by atoms with Crippen LogP contribution in [0.25, 0.3) is 11.8 Å². The first-order valence-corrected chi connectivity index (χ1v) is 9.27. The van der Waals surface area contributed by atoms with Gasteiger partial charge in [0.15, 0.2) is 5.17 Å². The van der Waals surface area contributed by atoms with Crippen molar-refractivity contribution in [3.05, 3.63) is 64.5 Å². The Balaban J connectivity index is 1.81. The molecule has 1 amide bonds. The first-order valence-electron chi connectivity index (χ1n) is 8.40. The molecule has 1 aromatic heterocycles. The molecule has 1 N–H and O–H groups in total. The average molecular weight is 378 g/mol. The van der Waals surface area contributed by atoms with Gasteiger partial charge >= 0.3 is 0 Å². The van der Waals surface area contributed by atoms with Gasteiger partial charge in [0.05, 0.1) is 18.4 Å². The Morgan fingerprint density at radius 3 is 2.81 bits per heavy atom. The van der Waals surface area contributed by atoms with E-state index < -0.39 is 0 Å². The summed E-state index contributed by atoms with van der Waals surface area (Å²) in [4.78, 5) is 18.1. The Morgan fingerprint density at radius 2 is 2.04 bits per heavy atom. The number of nitrogens with zero attached hydrogens (tertiary/aromatic N) is 3. The van der Waals surface area contributed by atoms with E-state index >= 15 is 0 Å². The molecule has 7 heteroatoms. The molecule has 2 aliphatic rings. The van der Waals surface area contributed by atoms with Gasteiger partial charge in [0.25, 0.3) is 5.91 Å². The summed E-state index contributed by atoms with van der Waals surface area (Å²) in [6.45, 7) is 3.99. The highest BCUT2D eigenvalue weighted by Crippen LogP contribution is 2.31. The molecule has 0 aliphatic carbocycles. The number of para-hydroxylation sites is 2. The summed E-state index contributed by atoms with van der Waals surface area (Å²) in [7, 11) is 1.65. The molecule has 0 radical (unpaired) electrons. The van der Waals surface area contributed by atoms with Gasteiger partial charge in [-0.1, -0.05) is 23.9 Å². The van der Waals surface area contributed by atoms with Crippen LogP contribution in [0.2, 0.25) is 0 Å². The molecule has 3 heterocycles. The van der Waals surface area contributed by atoms with Crippen LogP contribution < -0.4 is 4.74 Å². The zero-order valence-corrected chi connectivity index (χ0v) is 16.0. The van der Waals surface area contributed by atoms with Crippen molar-refractivity contribution in [2.75, 3.05) is 7.11 Å². The highest BCUT2D eigenvalue weighted by molar-refractivity contribution is 8.16. The summed E-state index contributed by atoms with van der Waals surface area (Å²) in [5.74, 6) is 0.534. The molecule has 1 aromatic carbocycles. The summed E-state index contributed by atoms with van der Waals surface area (Å²) in [6.07, 6.45) is 3.50.